The number of likely N-dealkylation sites (tertiary alicyclic amines) is 1. The van der Waals surface area contributed by atoms with Gasteiger partial charge in [-0.3, -0.25) is 14.5 Å². The van der Waals surface area contributed by atoms with Crippen molar-refractivity contribution in [1.82, 2.24) is 4.90 Å². The van der Waals surface area contributed by atoms with Crippen LogP contribution in [0.1, 0.15) is 208 Å². The van der Waals surface area contributed by atoms with E-state index < -0.39 is 36.0 Å². The zero-order valence-corrected chi connectivity index (χ0v) is 43.6. The molecule has 0 radical (unpaired) electrons. The summed E-state index contributed by atoms with van der Waals surface area (Å²) in [6, 6.07) is 29.5. The number of amides is 2. The lowest BCUT2D eigenvalue weighted by molar-refractivity contribution is -0.141. The highest BCUT2D eigenvalue weighted by Crippen LogP contribution is 2.28. The number of hydrogen-bond acceptors (Lipinski definition) is 8. The highest BCUT2D eigenvalue weighted by atomic mass is 16.6. The highest BCUT2D eigenvalue weighted by Gasteiger charge is 2.52. The van der Waals surface area contributed by atoms with Gasteiger partial charge in [0.05, 0.1) is 24.3 Å². The van der Waals surface area contributed by atoms with E-state index in [0.717, 1.165) is 70.8 Å². The maximum Gasteiger partial charge on any atom is 0.339 e. The summed E-state index contributed by atoms with van der Waals surface area (Å²) in [4.78, 5) is 56.4. The summed E-state index contributed by atoms with van der Waals surface area (Å²) in [7, 11) is 0. The van der Waals surface area contributed by atoms with Gasteiger partial charge in [-0.05, 0) is 90.0 Å². The monoisotopic (exact) mass is 972 g/mol. The van der Waals surface area contributed by atoms with Gasteiger partial charge in [0.2, 0.25) is 12.2 Å². The van der Waals surface area contributed by atoms with Crippen LogP contribution in [0.4, 0.5) is 0 Å². The van der Waals surface area contributed by atoms with Crippen molar-refractivity contribution >= 4 is 23.8 Å². The number of carbonyl (C=O) groups is 4. The Labute approximate surface area is 426 Å². The van der Waals surface area contributed by atoms with Gasteiger partial charge in [-0.1, -0.05) is 217 Å². The average molecular weight is 972 g/mol. The lowest BCUT2D eigenvalue weighted by atomic mass is 10.0. The molecule has 9 heteroatoms. The molecule has 0 unspecified atom stereocenters. The van der Waals surface area contributed by atoms with Gasteiger partial charge in [0, 0.05) is 6.54 Å². The zero-order valence-electron chi connectivity index (χ0n) is 43.6. The molecule has 5 rings (SSSR count). The van der Waals surface area contributed by atoms with Crippen LogP contribution in [0.2, 0.25) is 0 Å². The van der Waals surface area contributed by atoms with Crippen molar-refractivity contribution in [2.24, 2.45) is 0 Å². The minimum absolute atomic E-state index is 0.160. The number of nitrogens with zero attached hydrogens (tertiary/aromatic N) is 1. The van der Waals surface area contributed by atoms with E-state index in [4.69, 9.17) is 18.9 Å². The van der Waals surface area contributed by atoms with Crippen molar-refractivity contribution in [3.8, 4) is 33.8 Å². The van der Waals surface area contributed by atoms with Gasteiger partial charge < -0.3 is 18.9 Å². The normalized spacial score (nSPS) is 14.5. The number of esters is 2. The third-order valence-electron chi connectivity index (χ3n) is 13.6. The first-order valence-corrected chi connectivity index (χ1v) is 27.8. The van der Waals surface area contributed by atoms with E-state index in [-0.39, 0.29) is 17.7 Å². The molecule has 9 nitrogen and oxygen atoms in total. The van der Waals surface area contributed by atoms with E-state index in [1.807, 2.05) is 72.8 Å². The van der Waals surface area contributed by atoms with Crippen LogP contribution >= 0.6 is 0 Å². The molecule has 1 aliphatic heterocycles. The minimum Gasteiger partial charge on any atom is -0.494 e. The van der Waals surface area contributed by atoms with Crippen LogP contribution in [0.5, 0.6) is 11.5 Å². The summed E-state index contributed by atoms with van der Waals surface area (Å²) in [5.74, 6) is -1.31. The van der Waals surface area contributed by atoms with Crippen molar-refractivity contribution < 1.29 is 38.1 Å². The van der Waals surface area contributed by atoms with Crippen LogP contribution < -0.4 is 9.47 Å². The van der Waals surface area contributed by atoms with Gasteiger partial charge >= 0.3 is 11.9 Å². The van der Waals surface area contributed by atoms with E-state index in [0.29, 0.717) is 19.6 Å². The van der Waals surface area contributed by atoms with E-state index in [2.05, 4.69) is 20.8 Å². The van der Waals surface area contributed by atoms with Gasteiger partial charge in [0.25, 0.3) is 11.8 Å². The first-order valence-electron chi connectivity index (χ1n) is 27.8. The average Bonchev–Trinajstić information content (AvgIpc) is 3.61. The molecule has 1 saturated heterocycles. The third kappa shape index (κ3) is 19.9. The molecule has 1 fully saturated rings. The van der Waals surface area contributed by atoms with E-state index in [9.17, 15) is 19.2 Å². The summed E-state index contributed by atoms with van der Waals surface area (Å²) >= 11 is 0. The molecule has 1 heterocycles. The summed E-state index contributed by atoms with van der Waals surface area (Å²) in [5, 5.41) is 0. The van der Waals surface area contributed by atoms with E-state index in [1.165, 1.54) is 128 Å². The van der Waals surface area contributed by atoms with E-state index in [1.54, 1.807) is 24.3 Å². The number of rotatable bonds is 37. The molecule has 0 bridgehead atoms. The number of benzene rings is 4. The molecule has 4 aromatic carbocycles. The molecule has 386 valence electrons. The van der Waals surface area contributed by atoms with Crippen molar-refractivity contribution in [2.75, 3.05) is 19.8 Å². The molecule has 0 aromatic heterocycles. The maximum absolute atomic E-state index is 13.9. The Kier molecular flexibility index (Phi) is 26.5. The van der Waals surface area contributed by atoms with Crippen molar-refractivity contribution in [1.29, 1.82) is 0 Å². The molecule has 2 amide bonds. The maximum atomic E-state index is 13.9. The lowest BCUT2D eigenvalue weighted by Gasteiger charge is -2.17. The molecular formula is C62H85NO8. The fourth-order valence-electron chi connectivity index (χ4n) is 9.18. The first kappa shape index (κ1) is 56.5. The van der Waals surface area contributed by atoms with Crippen LogP contribution in [0.15, 0.2) is 97.1 Å². The molecule has 0 spiro atoms. The van der Waals surface area contributed by atoms with Gasteiger partial charge in [0.1, 0.15) is 11.5 Å². The molecule has 0 aliphatic carbocycles. The van der Waals surface area contributed by atoms with Crippen molar-refractivity contribution in [2.45, 2.75) is 200 Å². The molecule has 0 saturated carbocycles. The van der Waals surface area contributed by atoms with Gasteiger partial charge in [0.15, 0.2) is 0 Å². The Hall–Kier alpha value is -5.44. The Bertz CT molecular complexity index is 1980. The standard InChI is InChI=1S/C62H85NO8/c1-4-7-10-13-16-17-18-19-20-21-22-23-24-27-46-63-59(64)57(70-61(66)53-34-30-49(31-35-53)51-38-42-55(43-39-51)68-47-28-25-14-11-8-5-2)58(60(63)65)71-62(67)54-36-32-50(33-37-54)52-40-44-56(45-41-52)69-48-29-26-15-12-9-6-3/h30-45,57-58H,4-29,46-48H2,1-3H3/t57-,58-/m1/s1. The lowest BCUT2D eigenvalue weighted by Crippen LogP contribution is -2.37. The summed E-state index contributed by atoms with van der Waals surface area (Å²) in [6.07, 6.45) is 27.8. The molecule has 2 atom stereocenters. The third-order valence-corrected chi connectivity index (χ3v) is 13.6. The van der Waals surface area contributed by atoms with Crippen LogP contribution in [0, 0.1) is 0 Å². The SMILES string of the molecule is CCCCCCCCCCCCCCCCN1C(=O)[C@H](OC(=O)c2ccc(-c3ccc(OCCCCCCCC)cc3)cc2)[C@@H](OC(=O)c2ccc(-c3ccc(OCCCCCCCC)cc3)cc2)C1=O. The van der Waals surface area contributed by atoms with Gasteiger partial charge in [-0.25, -0.2) is 9.59 Å². The Morgan fingerprint density at radius 3 is 0.944 bits per heavy atom. The Balaban J connectivity index is 1.16. The van der Waals surface area contributed by atoms with Crippen LogP contribution in [-0.2, 0) is 19.1 Å². The second-order valence-electron chi connectivity index (χ2n) is 19.5. The number of ether oxygens (including phenoxy) is 4. The zero-order chi connectivity index (χ0) is 50.3. The highest BCUT2D eigenvalue weighted by molar-refractivity contribution is 6.10. The molecule has 1 aliphatic rings. The summed E-state index contributed by atoms with van der Waals surface area (Å²) in [5.41, 5.74) is 4.09. The van der Waals surface area contributed by atoms with Crippen LogP contribution in [0.25, 0.3) is 22.3 Å². The topological polar surface area (TPSA) is 108 Å². The van der Waals surface area contributed by atoms with Crippen LogP contribution in [-0.4, -0.2) is 60.6 Å². The smallest absolute Gasteiger partial charge is 0.339 e. The Morgan fingerprint density at radius 1 is 0.366 bits per heavy atom. The largest absolute Gasteiger partial charge is 0.494 e. The Morgan fingerprint density at radius 2 is 0.634 bits per heavy atom. The number of imide groups is 1. The van der Waals surface area contributed by atoms with Crippen LogP contribution in [0.3, 0.4) is 0 Å². The number of hydrogen-bond donors (Lipinski definition) is 0. The van der Waals surface area contributed by atoms with Crippen molar-refractivity contribution in [3.05, 3.63) is 108 Å². The molecule has 0 N–H and O–H groups in total. The van der Waals surface area contributed by atoms with E-state index >= 15 is 0 Å². The second kappa shape index (κ2) is 33.3. The molecule has 4 aromatic rings. The second-order valence-corrected chi connectivity index (χ2v) is 19.5. The fourth-order valence-corrected chi connectivity index (χ4v) is 9.18. The van der Waals surface area contributed by atoms with Gasteiger partial charge in [-0.2, -0.15) is 0 Å². The minimum atomic E-state index is -1.62. The predicted octanol–water partition coefficient (Wildman–Crippen LogP) is 16.1. The summed E-state index contributed by atoms with van der Waals surface area (Å²) in [6.45, 7) is 8.23. The quantitative estimate of drug-likeness (QED) is 0.0250. The van der Waals surface area contributed by atoms with Gasteiger partial charge in [-0.15, -0.1) is 0 Å². The molecule has 71 heavy (non-hydrogen) atoms. The summed E-state index contributed by atoms with van der Waals surface area (Å²) < 4.78 is 23.5. The fraction of sp³-hybridized carbons (Fsp3) is 0.548. The number of unbranched alkanes of at least 4 members (excludes halogenated alkanes) is 23. The van der Waals surface area contributed by atoms with Crippen molar-refractivity contribution in [3.63, 3.8) is 0 Å². The predicted molar refractivity (Wildman–Crippen MR) is 287 cm³/mol. The number of carbonyl (C=O) groups excluding carboxylic acids is 4. The first-order chi connectivity index (χ1) is 34.8. The molecular weight excluding hydrogens is 887 g/mol.